The number of benzene rings is 1. The molecule has 0 aliphatic rings. The maximum absolute atomic E-state index is 5.94. The Morgan fingerprint density at radius 3 is 2.69 bits per heavy atom. The molecule has 0 saturated carbocycles. The van der Waals surface area contributed by atoms with Crippen molar-refractivity contribution in [3.05, 3.63) is 28.8 Å². The fraction of sp³-hybridized carbons (Fsp3) is 0.500. The third-order valence-corrected chi connectivity index (χ3v) is 2.73. The maximum Gasteiger partial charge on any atom is 0.123 e. The summed E-state index contributed by atoms with van der Waals surface area (Å²) in [6.07, 6.45) is 1.11. The minimum atomic E-state index is 0. The summed E-state index contributed by atoms with van der Waals surface area (Å²) >= 11 is 5.94. The average Bonchev–Trinajstić information content (AvgIpc) is 2.26. The summed E-state index contributed by atoms with van der Waals surface area (Å²) in [5.74, 6) is 0.884. The van der Waals surface area contributed by atoms with Crippen LogP contribution in [-0.2, 0) is 6.54 Å². The van der Waals surface area contributed by atoms with Crippen molar-refractivity contribution < 1.29 is 4.74 Å². The molecule has 16 heavy (non-hydrogen) atoms. The highest BCUT2D eigenvalue weighted by molar-refractivity contribution is 6.30. The van der Waals surface area contributed by atoms with Crippen LogP contribution in [0.25, 0.3) is 0 Å². The molecule has 92 valence electrons. The van der Waals surface area contributed by atoms with Crippen LogP contribution >= 0.6 is 24.0 Å². The first-order chi connectivity index (χ1) is 7.17. The van der Waals surface area contributed by atoms with E-state index in [9.17, 15) is 0 Å². The van der Waals surface area contributed by atoms with Gasteiger partial charge in [-0.1, -0.05) is 18.5 Å². The molecular formula is C12H19Cl2NO. The molecule has 1 aromatic carbocycles. The molecule has 0 spiro atoms. The lowest BCUT2D eigenvalue weighted by Gasteiger charge is -2.13. The molecule has 0 heterocycles. The van der Waals surface area contributed by atoms with Gasteiger partial charge in [-0.05, 0) is 31.5 Å². The van der Waals surface area contributed by atoms with Crippen LogP contribution in [0.3, 0.4) is 0 Å². The summed E-state index contributed by atoms with van der Waals surface area (Å²) in [6.45, 7) is 5.11. The Hall–Kier alpha value is -0.440. The fourth-order valence-electron chi connectivity index (χ4n) is 1.31. The number of hydrogen-bond acceptors (Lipinski definition) is 2. The smallest absolute Gasteiger partial charge is 0.123 e. The summed E-state index contributed by atoms with van der Waals surface area (Å²) in [5.41, 5.74) is 1.10. The second kappa shape index (κ2) is 7.77. The summed E-state index contributed by atoms with van der Waals surface area (Å²) < 4.78 is 5.27. The van der Waals surface area contributed by atoms with Gasteiger partial charge in [-0.2, -0.15) is 0 Å². The molecule has 0 fully saturated rings. The number of methoxy groups -OCH3 is 1. The fourth-order valence-corrected chi connectivity index (χ4v) is 1.51. The molecule has 0 saturated heterocycles. The molecule has 0 amide bonds. The van der Waals surface area contributed by atoms with E-state index in [2.05, 4.69) is 19.2 Å². The molecule has 1 aromatic rings. The van der Waals surface area contributed by atoms with Crippen molar-refractivity contribution >= 4 is 24.0 Å². The van der Waals surface area contributed by atoms with Gasteiger partial charge in [0, 0.05) is 23.2 Å². The van der Waals surface area contributed by atoms with E-state index >= 15 is 0 Å². The van der Waals surface area contributed by atoms with Crippen LogP contribution in [0.4, 0.5) is 0 Å². The Balaban J connectivity index is 0.00000225. The molecule has 2 nitrogen and oxygen atoms in total. The number of ether oxygens (including phenoxy) is 1. The van der Waals surface area contributed by atoms with E-state index in [-0.39, 0.29) is 12.4 Å². The molecule has 0 aliphatic carbocycles. The van der Waals surface area contributed by atoms with E-state index in [4.69, 9.17) is 16.3 Å². The van der Waals surface area contributed by atoms with Gasteiger partial charge < -0.3 is 10.1 Å². The van der Waals surface area contributed by atoms with Gasteiger partial charge in [0.15, 0.2) is 0 Å². The largest absolute Gasteiger partial charge is 0.496 e. The molecule has 1 atom stereocenters. The van der Waals surface area contributed by atoms with Crippen molar-refractivity contribution in [1.29, 1.82) is 0 Å². The summed E-state index contributed by atoms with van der Waals surface area (Å²) in [4.78, 5) is 0. The van der Waals surface area contributed by atoms with Gasteiger partial charge in [-0.3, -0.25) is 0 Å². The highest BCUT2D eigenvalue weighted by Gasteiger charge is 2.05. The molecule has 0 aliphatic heterocycles. The van der Waals surface area contributed by atoms with Crippen molar-refractivity contribution in [2.75, 3.05) is 7.11 Å². The van der Waals surface area contributed by atoms with Crippen LogP contribution in [0.5, 0.6) is 5.75 Å². The van der Waals surface area contributed by atoms with E-state index in [1.807, 2.05) is 18.2 Å². The number of nitrogens with one attached hydrogen (secondary N) is 1. The lowest BCUT2D eigenvalue weighted by atomic mass is 10.2. The van der Waals surface area contributed by atoms with Gasteiger partial charge in [0.2, 0.25) is 0 Å². The van der Waals surface area contributed by atoms with Crippen LogP contribution in [-0.4, -0.2) is 13.2 Å². The van der Waals surface area contributed by atoms with Crippen LogP contribution in [0, 0.1) is 0 Å². The molecule has 1 rings (SSSR count). The van der Waals surface area contributed by atoms with E-state index in [1.54, 1.807) is 7.11 Å². The topological polar surface area (TPSA) is 21.3 Å². The van der Waals surface area contributed by atoms with Gasteiger partial charge in [0.25, 0.3) is 0 Å². The van der Waals surface area contributed by atoms with Crippen molar-refractivity contribution in [1.82, 2.24) is 5.32 Å². The first-order valence-corrected chi connectivity index (χ1v) is 5.61. The van der Waals surface area contributed by atoms with E-state index in [0.29, 0.717) is 6.04 Å². The minimum Gasteiger partial charge on any atom is -0.496 e. The highest BCUT2D eigenvalue weighted by atomic mass is 35.5. The first kappa shape index (κ1) is 15.6. The van der Waals surface area contributed by atoms with E-state index in [1.165, 1.54) is 0 Å². The van der Waals surface area contributed by atoms with Crippen LogP contribution in [0.15, 0.2) is 18.2 Å². The Labute approximate surface area is 109 Å². The Bertz CT molecular complexity index is 318. The second-order valence-electron chi connectivity index (χ2n) is 3.65. The Kier molecular flexibility index (Phi) is 7.56. The Morgan fingerprint density at radius 2 is 2.12 bits per heavy atom. The SMILES string of the molecule is CCC(C)NCc1cc(Cl)ccc1OC.Cl. The number of hydrogen-bond donors (Lipinski definition) is 1. The standard InChI is InChI=1S/C12H18ClNO.ClH/c1-4-9(2)14-8-10-7-11(13)5-6-12(10)15-3;/h5-7,9,14H,4,8H2,1-3H3;1H. The van der Waals surface area contributed by atoms with Gasteiger partial charge in [-0.15, -0.1) is 12.4 Å². The van der Waals surface area contributed by atoms with E-state index in [0.717, 1.165) is 29.3 Å². The monoisotopic (exact) mass is 263 g/mol. The zero-order valence-electron chi connectivity index (χ0n) is 9.92. The second-order valence-corrected chi connectivity index (χ2v) is 4.08. The maximum atomic E-state index is 5.94. The lowest BCUT2D eigenvalue weighted by molar-refractivity contribution is 0.405. The quantitative estimate of drug-likeness (QED) is 0.876. The van der Waals surface area contributed by atoms with Crippen molar-refractivity contribution in [2.24, 2.45) is 0 Å². The predicted octanol–water partition coefficient (Wildman–Crippen LogP) is 3.66. The normalized spacial score (nSPS) is 11.8. The highest BCUT2D eigenvalue weighted by Crippen LogP contribution is 2.22. The molecular weight excluding hydrogens is 245 g/mol. The van der Waals surface area contributed by atoms with Crippen molar-refractivity contribution in [3.8, 4) is 5.75 Å². The number of halogens is 2. The lowest BCUT2D eigenvalue weighted by Crippen LogP contribution is -2.24. The molecule has 1 unspecified atom stereocenters. The summed E-state index contributed by atoms with van der Waals surface area (Å²) in [5, 5.41) is 4.16. The van der Waals surface area contributed by atoms with Crippen LogP contribution < -0.4 is 10.1 Å². The molecule has 0 bridgehead atoms. The Morgan fingerprint density at radius 1 is 1.44 bits per heavy atom. The van der Waals surface area contributed by atoms with Crippen LogP contribution in [0.2, 0.25) is 5.02 Å². The van der Waals surface area contributed by atoms with Crippen LogP contribution in [0.1, 0.15) is 25.8 Å². The minimum absolute atomic E-state index is 0. The third kappa shape index (κ3) is 4.60. The number of rotatable bonds is 5. The van der Waals surface area contributed by atoms with Gasteiger partial charge in [-0.25, -0.2) is 0 Å². The predicted molar refractivity (Wildman–Crippen MR) is 71.8 cm³/mol. The average molecular weight is 264 g/mol. The zero-order valence-corrected chi connectivity index (χ0v) is 11.5. The first-order valence-electron chi connectivity index (χ1n) is 5.23. The zero-order chi connectivity index (χ0) is 11.3. The molecule has 1 N–H and O–H groups in total. The van der Waals surface area contributed by atoms with Gasteiger partial charge in [0.1, 0.15) is 5.75 Å². The third-order valence-electron chi connectivity index (χ3n) is 2.50. The van der Waals surface area contributed by atoms with Gasteiger partial charge in [0.05, 0.1) is 7.11 Å². The van der Waals surface area contributed by atoms with Gasteiger partial charge >= 0.3 is 0 Å². The summed E-state index contributed by atoms with van der Waals surface area (Å²) in [7, 11) is 1.68. The molecule has 0 aromatic heterocycles. The molecule has 4 heteroatoms. The van der Waals surface area contributed by atoms with Crippen molar-refractivity contribution in [2.45, 2.75) is 32.9 Å². The molecule has 0 radical (unpaired) electrons. The van der Waals surface area contributed by atoms with Crippen molar-refractivity contribution in [3.63, 3.8) is 0 Å². The van der Waals surface area contributed by atoms with E-state index < -0.39 is 0 Å². The summed E-state index contributed by atoms with van der Waals surface area (Å²) in [6, 6.07) is 6.19.